The van der Waals surface area contributed by atoms with Gasteiger partial charge in [0.1, 0.15) is 11.6 Å². The monoisotopic (exact) mass is 375 g/mol. The standard InChI is InChI=1S/C21H18FN5O/c1-12-9-14(11-17(24-12)27(2)3)19-18(13-5-4-6-15(22)10-13)26-21-20(25-19)16(28)7-8-23-21/h4-11H,1-3H3,(H,23,26,28). The molecule has 0 amide bonds. The quantitative estimate of drug-likeness (QED) is 0.593. The highest BCUT2D eigenvalue weighted by atomic mass is 19.1. The summed E-state index contributed by atoms with van der Waals surface area (Å²) < 4.78 is 13.9. The first kappa shape index (κ1) is 17.8. The summed E-state index contributed by atoms with van der Waals surface area (Å²) in [6.45, 7) is 1.89. The van der Waals surface area contributed by atoms with Crippen molar-refractivity contribution in [3.8, 4) is 22.5 Å². The molecular weight excluding hydrogens is 357 g/mol. The van der Waals surface area contributed by atoms with Gasteiger partial charge in [0.05, 0.1) is 11.4 Å². The van der Waals surface area contributed by atoms with Crippen molar-refractivity contribution in [1.82, 2.24) is 19.9 Å². The van der Waals surface area contributed by atoms with Crippen LogP contribution in [0.15, 0.2) is 53.5 Å². The van der Waals surface area contributed by atoms with Crippen molar-refractivity contribution in [3.05, 3.63) is 70.4 Å². The number of anilines is 1. The molecule has 0 unspecified atom stereocenters. The highest BCUT2D eigenvalue weighted by Crippen LogP contribution is 2.32. The third-order valence-electron chi connectivity index (χ3n) is 4.35. The number of rotatable bonds is 3. The Morgan fingerprint density at radius 3 is 2.50 bits per heavy atom. The lowest BCUT2D eigenvalue weighted by Gasteiger charge is -2.15. The number of fused-ring (bicyclic) bond motifs is 1. The van der Waals surface area contributed by atoms with Crippen LogP contribution in [0.5, 0.6) is 0 Å². The summed E-state index contributed by atoms with van der Waals surface area (Å²) in [7, 11) is 3.80. The van der Waals surface area contributed by atoms with Gasteiger partial charge in [-0.3, -0.25) is 4.79 Å². The molecule has 3 aromatic heterocycles. The van der Waals surface area contributed by atoms with Crippen LogP contribution in [0.1, 0.15) is 5.69 Å². The highest BCUT2D eigenvalue weighted by molar-refractivity contribution is 5.85. The van der Waals surface area contributed by atoms with Crippen LogP contribution in [-0.2, 0) is 0 Å². The molecule has 0 saturated carbocycles. The second-order valence-electron chi connectivity index (χ2n) is 6.72. The summed E-state index contributed by atoms with van der Waals surface area (Å²) in [6, 6.07) is 11.3. The number of benzene rings is 1. The Bertz CT molecular complexity index is 1250. The molecule has 0 aliphatic rings. The summed E-state index contributed by atoms with van der Waals surface area (Å²) in [6.07, 6.45) is 1.52. The van der Waals surface area contributed by atoms with Crippen molar-refractivity contribution in [2.45, 2.75) is 6.92 Å². The van der Waals surface area contributed by atoms with E-state index in [0.29, 0.717) is 22.6 Å². The molecular formula is C21H18FN5O. The zero-order chi connectivity index (χ0) is 19.8. The smallest absolute Gasteiger partial charge is 0.209 e. The van der Waals surface area contributed by atoms with Gasteiger partial charge in [-0.1, -0.05) is 12.1 Å². The molecule has 0 fully saturated rings. The molecule has 0 saturated heterocycles. The SMILES string of the molecule is Cc1cc(-c2nc3c(=O)cc[nH]c3nc2-c2cccc(F)c2)cc(N(C)C)n1. The predicted octanol–water partition coefficient (Wildman–Crippen LogP) is 3.56. The van der Waals surface area contributed by atoms with E-state index in [0.717, 1.165) is 17.1 Å². The van der Waals surface area contributed by atoms with Gasteiger partial charge in [0.15, 0.2) is 11.2 Å². The first-order valence-electron chi connectivity index (χ1n) is 8.74. The number of aromatic amines is 1. The Kier molecular flexibility index (Phi) is 4.35. The minimum absolute atomic E-state index is 0.230. The third kappa shape index (κ3) is 3.22. The van der Waals surface area contributed by atoms with Crippen LogP contribution in [-0.4, -0.2) is 34.0 Å². The fourth-order valence-corrected chi connectivity index (χ4v) is 3.04. The summed E-state index contributed by atoms with van der Waals surface area (Å²) in [4.78, 5) is 30.9. The van der Waals surface area contributed by atoms with Gasteiger partial charge in [0, 0.05) is 43.2 Å². The lowest BCUT2D eigenvalue weighted by molar-refractivity contribution is 0.628. The third-order valence-corrected chi connectivity index (χ3v) is 4.35. The maximum Gasteiger partial charge on any atom is 0.209 e. The number of nitrogens with zero attached hydrogens (tertiary/aromatic N) is 4. The zero-order valence-electron chi connectivity index (χ0n) is 15.7. The van der Waals surface area contributed by atoms with Gasteiger partial charge < -0.3 is 9.88 Å². The molecule has 0 bridgehead atoms. The molecule has 6 nitrogen and oxygen atoms in total. The lowest BCUT2D eigenvalue weighted by atomic mass is 10.0. The van der Waals surface area contributed by atoms with Crippen molar-refractivity contribution in [3.63, 3.8) is 0 Å². The van der Waals surface area contributed by atoms with Crippen molar-refractivity contribution < 1.29 is 4.39 Å². The Morgan fingerprint density at radius 1 is 0.964 bits per heavy atom. The molecule has 4 aromatic rings. The van der Waals surface area contributed by atoms with Gasteiger partial charge in [0.2, 0.25) is 5.43 Å². The van der Waals surface area contributed by atoms with Gasteiger partial charge in [0.25, 0.3) is 0 Å². The second-order valence-corrected chi connectivity index (χ2v) is 6.72. The maximum absolute atomic E-state index is 13.9. The van der Waals surface area contributed by atoms with E-state index in [1.165, 1.54) is 24.4 Å². The number of hydrogen-bond donors (Lipinski definition) is 1. The predicted molar refractivity (Wildman–Crippen MR) is 108 cm³/mol. The van der Waals surface area contributed by atoms with Gasteiger partial charge in [-0.05, 0) is 31.2 Å². The Morgan fingerprint density at radius 2 is 1.75 bits per heavy atom. The van der Waals surface area contributed by atoms with Crippen molar-refractivity contribution in [1.29, 1.82) is 0 Å². The molecule has 4 rings (SSSR count). The van der Waals surface area contributed by atoms with Crippen LogP contribution in [0.3, 0.4) is 0 Å². The lowest BCUT2D eigenvalue weighted by Crippen LogP contribution is -2.11. The van der Waals surface area contributed by atoms with Gasteiger partial charge >= 0.3 is 0 Å². The van der Waals surface area contributed by atoms with E-state index in [1.807, 2.05) is 38.1 Å². The van der Waals surface area contributed by atoms with Crippen LogP contribution in [0.25, 0.3) is 33.7 Å². The van der Waals surface area contributed by atoms with Gasteiger partial charge in [-0.2, -0.15) is 0 Å². The number of aromatic nitrogens is 4. The molecule has 0 radical (unpaired) electrons. The topological polar surface area (TPSA) is 74.8 Å². The summed E-state index contributed by atoms with van der Waals surface area (Å²) >= 11 is 0. The maximum atomic E-state index is 13.9. The Hall–Kier alpha value is -3.61. The van der Waals surface area contributed by atoms with Crippen molar-refractivity contribution in [2.75, 3.05) is 19.0 Å². The van der Waals surface area contributed by atoms with Gasteiger partial charge in [-0.25, -0.2) is 19.3 Å². The van der Waals surface area contributed by atoms with Crippen molar-refractivity contribution in [2.24, 2.45) is 0 Å². The number of pyridine rings is 2. The van der Waals surface area contributed by atoms with E-state index in [9.17, 15) is 9.18 Å². The van der Waals surface area contributed by atoms with E-state index in [1.54, 1.807) is 12.1 Å². The normalized spacial score (nSPS) is 11.0. The van der Waals surface area contributed by atoms with E-state index < -0.39 is 0 Å². The van der Waals surface area contributed by atoms with Crippen LogP contribution in [0.4, 0.5) is 10.2 Å². The fraction of sp³-hybridized carbons (Fsp3) is 0.143. The van der Waals surface area contributed by atoms with E-state index >= 15 is 0 Å². The first-order valence-corrected chi connectivity index (χ1v) is 8.74. The molecule has 1 N–H and O–H groups in total. The number of nitrogens with one attached hydrogen (secondary N) is 1. The first-order chi connectivity index (χ1) is 13.4. The molecule has 0 aliphatic carbocycles. The van der Waals surface area contributed by atoms with Crippen LogP contribution in [0, 0.1) is 12.7 Å². The Balaban J connectivity index is 2.07. The number of aryl methyl sites for hydroxylation is 1. The number of H-pyrrole nitrogens is 1. The molecule has 1 aromatic carbocycles. The molecule has 0 aliphatic heterocycles. The largest absolute Gasteiger partial charge is 0.363 e. The minimum atomic E-state index is -0.369. The van der Waals surface area contributed by atoms with Crippen LogP contribution >= 0.6 is 0 Å². The molecule has 3 heterocycles. The average molecular weight is 375 g/mol. The van der Waals surface area contributed by atoms with Gasteiger partial charge in [-0.15, -0.1) is 0 Å². The highest BCUT2D eigenvalue weighted by Gasteiger charge is 2.17. The summed E-state index contributed by atoms with van der Waals surface area (Å²) in [5, 5.41) is 0. The van der Waals surface area contributed by atoms with Crippen LogP contribution < -0.4 is 10.3 Å². The van der Waals surface area contributed by atoms with E-state index in [-0.39, 0.29) is 16.8 Å². The van der Waals surface area contributed by atoms with Crippen LogP contribution in [0.2, 0.25) is 0 Å². The zero-order valence-corrected chi connectivity index (χ0v) is 15.7. The summed E-state index contributed by atoms with van der Waals surface area (Å²) in [5.74, 6) is 0.385. The van der Waals surface area contributed by atoms with Crippen molar-refractivity contribution >= 4 is 17.0 Å². The fourth-order valence-electron chi connectivity index (χ4n) is 3.04. The van der Waals surface area contributed by atoms with E-state index in [2.05, 4.69) is 19.9 Å². The average Bonchev–Trinajstić information content (AvgIpc) is 2.67. The minimum Gasteiger partial charge on any atom is -0.363 e. The molecule has 0 spiro atoms. The summed E-state index contributed by atoms with van der Waals surface area (Å²) in [5.41, 5.74) is 3.49. The molecule has 28 heavy (non-hydrogen) atoms. The number of hydrogen-bond acceptors (Lipinski definition) is 5. The molecule has 0 atom stereocenters. The molecule has 140 valence electrons. The number of halogens is 1. The second kappa shape index (κ2) is 6.84. The Labute approximate surface area is 160 Å². The molecule has 7 heteroatoms. The van der Waals surface area contributed by atoms with E-state index in [4.69, 9.17) is 0 Å².